The van der Waals surface area contributed by atoms with E-state index >= 15 is 0 Å². The lowest BCUT2D eigenvalue weighted by molar-refractivity contribution is 0.296. The summed E-state index contributed by atoms with van der Waals surface area (Å²) >= 11 is 1.91. The van der Waals surface area contributed by atoms with Crippen molar-refractivity contribution in [1.29, 1.82) is 0 Å². The van der Waals surface area contributed by atoms with Crippen LogP contribution in [0.4, 0.5) is 0 Å². The van der Waals surface area contributed by atoms with E-state index in [-0.39, 0.29) is 5.41 Å². The van der Waals surface area contributed by atoms with Gasteiger partial charge in [-0.2, -0.15) is 0 Å². The molecule has 6 nitrogen and oxygen atoms in total. The van der Waals surface area contributed by atoms with Crippen LogP contribution in [0.1, 0.15) is 74.3 Å². The smallest absolute Gasteiger partial charge is 0.191 e. The molecular formula is C22H34N6S. The van der Waals surface area contributed by atoms with Gasteiger partial charge < -0.3 is 15.2 Å². The lowest BCUT2D eigenvalue weighted by Gasteiger charge is -2.37. The Hall–Kier alpha value is -1.89. The number of hydrogen-bond acceptors (Lipinski definition) is 4. The molecule has 0 aliphatic heterocycles. The maximum absolute atomic E-state index is 4.90. The molecule has 0 bridgehead atoms. The van der Waals surface area contributed by atoms with Crippen molar-refractivity contribution in [3.05, 3.63) is 34.0 Å². The Labute approximate surface area is 178 Å². The number of aliphatic imine (C=N–C) groups is 1. The Morgan fingerprint density at radius 3 is 2.66 bits per heavy atom. The van der Waals surface area contributed by atoms with E-state index in [9.17, 15) is 0 Å². The topological polar surface area (TPSA) is 67.1 Å². The molecule has 2 aliphatic carbocycles. The third kappa shape index (κ3) is 4.82. The van der Waals surface area contributed by atoms with Crippen molar-refractivity contribution >= 4 is 17.3 Å². The van der Waals surface area contributed by atoms with Crippen LogP contribution in [-0.2, 0) is 19.0 Å². The minimum absolute atomic E-state index is 0.242. The Bertz CT molecular complexity index is 797. The van der Waals surface area contributed by atoms with Crippen molar-refractivity contribution in [2.75, 3.05) is 6.54 Å². The number of rotatable bonds is 6. The molecule has 29 heavy (non-hydrogen) atoms. The van der Waals surface area contributed by atoms with Crippen molar-refractivity contribution in [3.63, 3.8) is 0 Å². The Balaban J connectivity index is 1.49. The molecule has 0 spiro atoms. The van der Waals surface area contributed by atoms with Crippen LogP contribution in [0.5, 0.6) is 0 Å². The quantitative estimate of drug-likeness (QED) is 0.552. The number of aryl methyl sites for hydroxylation is 1. The lowest BCUT2D eigenvalue weighted by atomic mass is 9.73. The SMILES string of the molecule is Cc1nnc(CN=C(NCC2(c3cccs3)CCCCC2)NC2CCCC2)n1C. The van der Waals surface area contributed by atoms with E-state index in [1.807, 2.05) is 29.9 Å². The van der Waals surface area contributed by atoms with Gasteiger partial charge in [0.05, 0.1) is 0 Å². The van der Waals surface area contributed by atoms with Crippen molar-refractivity contribution in [1.82, 2.24) is 25.4 Å². The number of nitrogens with zero attached hydrogens (tertiary/aromatic N) is 4. The number of guanidine groups is 1. The zero-order valence-electron chi connectivity index (χ0n) is 17.8. The summed E-state index contributed by atoms with van der Waals surface area (Å²) in [6.07, 6.45) is 11.6. The van der Waals surface area contributed by atoms with E-state index in [4.69, 9.17) is 4.99 Å². The largest absolute Gasteiger partial charge is 0.355 e. The number of hydrogen-bond donors (Lipinski definition) is 2. The van der Waals surface area contributed by atoms with Gasteiger partial charge in [-0.25, -0.2) is 4.99 Å². The van der Waals surface area contributed by atoms with Gasteiger partial charge in [0.15, 0.2) is 11.8 Å². The zero-order chi connectivity index (χ0) is 20.1. The second-order valence-corrected chi connectivity index (χ2v) is 9.63. The number of aromatic nitrogens is 3. The molecule has 7 heteroatoms. The van der Waals surface area contributed by atoms with Gasteiger partial charge in [-0.15, -0.1) is 21.5 Å². The molecule has 0 amide bonds. The maximum atomic E-state index is 4.90. The number of thiophene rings is 1. The highest BCUT2D eigenvalue weighted by atomic mass is 32.1. The van der Waals surface area contributed by atoms with E-state index < -0.39 is 0 Å². The van der Waals surface area contributed by atoms with Crippen LogP contribution in [0.3, 0.4) is 0 Å². The second kappa shape index (κ2) is 9.28. The highest BCUT2D eigenvalue weighted by Gasteiger charge is 2.35. The normalized spacial score (nSPS) is 20.1. The molecular weight excluding hydrogens is 380 g/mol. The minimum Gasteiger partial charge on any atom is -0.355 e. The van der Waals surface area contributed by atoms with Crippen LogP contribution >= 0.6 is 11.3 Å². The lowest BCUT2D eigenvalue weighted by Crippen LogP contribution is -2.48. The molecule has 2 N–H and O–H groups in total. The molecule has 2 heterocycles. The third-order valence-corrected chi connectivity index (χ3v) is 7.82. The highest BCUT2D eigenvalue weighted by Crippen LogP contribution is 2.41. The molecule has 0 radical (unpaired) electrons. The summed E-state index contributed by atoms with van der Waals surface area (Å²) in [4.78, 5) is 6.43. The molecule has 2 saturated carbocycles. The summed E-state index contributed by atoms with van der Waals surface area (Å²) in [7, 11) is 2.01. The zero-order valence-corrected chi connectivity index (χ0v) is 18.6. The molecule has 0 atom stereocenters. The summed E-state index contributed by atoms with van der Waals surface area (Å²) in [6.45, 7) is 3.47. The predicted molar refractivity (Wildman–Crippen MR) is 119 cm³/mol. The predicted octanol–water partition coefficient (Wildman–Crippen LogP) is 4.06. The first kappa shape index (κ1) is 20.4. The second-order valence-electron chi connectivity index (χ2n) is 8.68. The Kier molecular flexibility index (Phi) is 6.53. The summed E-state index contributed by atoms with van der Waals surface area (Å²) < 4.78 is 2.02. The van der Waals surface area contributed by atoms with Crippen LogP contribution in [0, 0.1) is 6.92 Å². The maximum Gasteiger partial charge on any atom is 0.191 e. The molecule has 2 aliphatic rings. The minimum atomic E-state index is 0.242. The first-order valence-corrected chi connectivity index (χ1v) is 12.0. The summed E-state index contributed by atoms with van der Waals surface area (Å²) in [6, 6.07) is 5.05. The van der Waals surface area contributed by atoms with Crippen LogP contribution < -0.4 is 10.6 Å². The van der Waals surface area contributed by atoms with Gasteiger partial charge in [0.25, 0.3) is 0 Å². The van der Waals surface area contributed by atoms with E-state index in [0.29, 0.717) is 12.6 Å². The van der Waals surface area contributed by atoms with Crippen LogP contribution in [-0.4, -0.2) is 33.3 Å². The van der Waals surface area contributed by atoms with Gasteiger partial charge in [-0.3, -0.25) is 0 Å². The van der Waals surface area contributed by atoms with E-state index in [2.05, 4.69) is 38.3 Å². The Morgan fingerprint density at radius 1 is 1.21 bits per heavy atom. The van der Waals surface area contributed by atoms with Crippen molar-refractivity contribution in [2.24, 2.45) is 12.0 Å². The molecule has 4 rings (SSSR count). The fourth-order valence-corrected chi connectivity index (χ4v) is 5.71. The monoisotopic (exact) mass is 414 g/mol. The van der Waals surface area contributed by atoms with Crippen LogP contribution in [0.25, 0.3) is 0 Å². The van der Waals surface area contributed by atoms with Crippen molar-refractivity contribution < 1.29 is 0 Å². The molecule has 0 unspecified atom stereocenters. The van der Waals surface area contributed by atoms with E-state index in [0.717, 1.165) is 24.2 Å². The van der Waals surface area contributed by atoms with Gasteiger partial charge in [0.1, 0.15) is 12.4 Å². The molecule has 0 aromatic carbocycles. The summed E-state index contributed by atoms with van der Waals surface area (Å²) in [5.41, 5.74) is 0.242. The van der Waals surface area contributed by atoms with Crippen molar-refractivity contribution in [2.45, 2.75) is 82.7 Å². The van der Waals surface area contributed by atoms with Gasteiger partial charge >= 0.3 is 0 Å². The van der Waals surface area contributed by atoms with E-state index in [1.54, 1.807) is 0 Å². The number of nitrogens with one attached hydrogen (secondary N) is 2. The molecule has 2 fully saturated rings. The van der Waals surface area contributed by atoms with Crippen molar-refractivity contribution in [3.8, 4) is 0 Å². The standard InChI is InChI=1S/C22H34N6S/c1-17-26-27-20(28(17)2)15-23-21(25-18-9-4-5-10-18)24-16-22(12-6-3-7-13-22)19-11-8-14-29-19/h8,11,14,18H,3-7,9-10,12-13,15-16H2,1-2H3,(H2,23,24,25). The molecule has 2 aromatic heterocycles. The molecule has 158 valence electrons. The van der Waals surface area contributed by atoms with Crippen LogP contribution in [0.15, 0.2) is 22.5 Å². The van der Waals surface area contributed by atoms with E-state index in [1.165, 1.54) is 62.7 Å². The first-order valence-electron chi connectivity index (χ1n) is 11.1. The first-order chi connectivity index (χ1) is 14.2. The fourth-order valence-electron chi connectivity index (χ4n) is 4.73. The average molecular weight is 415 g/mol. The highest BCUT2D eigenvalue weighted by molar-refractivity contribution is 7.10. The third-order valence-electron chi connectivity index (χ3n) is 6.71. The summed E-state index contributed by atoms with van der Waals surface area (Å²) in [5, 5.41) is 18.1. The van der Waals surface area contributed by atoms with Gasteiger partial charge in [0.2, 0.25) is 0 Å². The van der Waals surface area contributed by atoms with Gasteiger partial charge in [0, 0.05) is 29.9 Å². The van der Waals surface area contributed by atoms with Gasteiger partial charge in [-0.05, 0) is 44.1 Å². The molecule has 2 aromatic rings. The average Bonchev–Trinajstić information content (AvgIpc) is 3.50. The molecule has 0 saturated heterocycles. The Morgan fingerprint density at radius 2 is 2.00 bits per heavy atom. The van der Waals surface area contributed by atoms with Crippen LogP contribution in [0.2, 0.25) is 0 Å². The van der Waals surface area contributed by atoms with Gasteiger partial charge in [-0.1, -0.05) is 38.2 Å². The fraction of sp³-hybridized carbons (Fsp3) is 0.682. The summed E-state index contributed by atoms with van der Waals surface area (Å²) in [5.74, 6) is 2.76.